The number of benzene rings is 8. The van der Waals surface area contributed by atoms with Gasteiger partial charge in [0.1, 0.15) is 17.0 Å². The highest BCUT2D eigenvalue weighted by atomic mass is 19.1. The number of hydrogen-bond donors (Lipinski definition) is 0. The second kappa shape index (κ2) is 11.5. The lowest BCUT2D eigenvalue weighted by atomic mass is 10.1. The molecule has 11 aromatic rings. The van der Waals surface area contributed by atoms with E-state index in [0.29, 0.717) is 0 Å². The molecule has 0 atom stereocenters. The molecule has 0 radical (unpaired) electrons. The van der Waals surface area contributed by atoms with E-state index in [1.807, 2.05) is 42.5 Å². The second-order valence-electron chi connectivity index (χ2n) is 13.5. The third-order valence-electron chi connectivity index (χ3n) is 10.5. The smallest absolute Gasteiger partial charge is 0.135 e. The van der Waals surface area contributed by atoms with Gasteiger partial charge in [-0.1, -0.05) is 78.9 Å². The van der Waals surface area contributed by atoms with E-state index in [-0.39, 0.29) is 5.82 Å². The topological polar surface area (TPSA) is 26.2 Å². The van der Waals surface area contributed by atoms with E-state index in [1.165, 1.54) is 10.8 Å². The van der Waals surface area contributed by atoms with Crippen LogP contribution in [0.5, 0.6) is 0 Å². The number of fused-ring (bicyclic) bond motifs is 9. The second-order valence-corrected chi connectivity index (χ2v) is 13.5. The molecule has 3 heterocycles. The van der Waals surface area contributed by atoms with E-state index in [9.17, 15) is 4.39 Å². The molecule has 3 aromatic heterocycles. The molecule has 0 saturated heterocycles. The maximum atomic E-state index is 15.0. The van der Waals surface area contributed by atoms with Gasteiger partial charge in [0.05, 0.1) is 22.1 Å². The van der Waals surface area contributed by atoms with E-state index in [1.54, 1.807) is 12.1 Å². The molecule has 4 nitrogen and oxygen atoms in total. The fraction of sp³-hybridized carbons (Fsp3) is 0. The average Bonchev–Trinajstić information content (AvgIpc) is 3.85. The molecule has 0 fully saturated rings. The SMILES string of the molecule is Fc1ccc2c(c1)c1cc(N(c3ccc4oc5ccccc5c4c3)c3ccc4c5ccccc5n(-c5ccccc5)c4c3)ccc1n2-c1ccccc1. The first-order valence-corrected chi connectivity index (χ1v) is 17.8. The van der Waals surface area contributed by atoms with Gasteiger partial charge in [-0.05, 0) is 103 Å². The molecule has 5 heteroatoms. The monoisotopic (exact) mass is 683 g/mol. The predicted molar refractivity (Wildman–Crippen MR) is 217 cm³/mol. The Morgan fingerprint density at radius 1 is 0.358 bits per heavy atom. The van der Waals surface area contributed by atoms with Crippen molar-refractivity contribution in [1.82, 2.24) is 9.13 Å². The van der Waals surface area contributed by atoms with E-state index in [0.717, 1.165) is 83.2 Å². The summed E-state index contributed by atoms with van der Waals surface area (Å²) in [4.78, 5) is 2.30. The van der Waals surface area contributed by atoms with Crippen LogP contribution in [0.25, 0.3) is 76.9 Å². The molecule has 0 bridgehead atoms. The largest absolute Gasteiger partial charge is 0.456 e. The van der Waals surface area contributed by atoms with Crippen LogP contribution in [-0.4, -0.2) is 9.13 Å². The Hall–Kier alpha value is -7.11. The molecular formula is C48H30FN3O. The Bertz CT molecular complexity index is 3190. The van der Waals surface area contributed by atoms with Crippen LogP contribution < -0.4 is 4.90 Å². The van der Waals surface area contributed by atoms with E-state index < -0.39 is 0 Å². The van der Waals surface area contributed by atoms with Crippen molar-refractivity contribution in [2.45, 2.75) is 0 Å². The lowest BCUT2D eigenvalue weighted by Gasteiger charge is -2.26. The summed E-state index contributed by atoms with van der Waals surface area (Å²) in [6.07, 6.45) is 0. The maximum Gasteiger partial charge on any atom is 0.135 e. The van der Waals surface area contributed by atoms with Gasteiger partial charge in [0, 0.05) is 60.8 Å². The first kappa shape index (κ1) is 29.6. The van der Waals surface area contributed by atoms with Gasteiger partial charge in [0.15, 0.2) is 0 Å². The van der Waals surface area contributed by atoms with Gasteiger partial charge in [0.2, 0.25) is 0 Å². The highest BCUT2D eigenvalue weighted by Crippen LogP contribution is 2.43. The van der Waals surface area contributed by atoms with Crippen LogP contribution in [0.2, 0.25) is 0 Å². The quantitative estimate of drug-likeness (QED) is 0.180. The third-order valence-corrected chi connectivity index (χ3v) is 10.5. The van der Waals surface area contributed by atoms with Crippen molar-refractivity contribution in [1.29, 1.82) is 0 Å². The van der Waals surface area contributed by atoms with E-state index >= 15 is 0 Å². The predicted octanol–water partition coefficient (Wildman–Crippen LogP) is 13.4. The van der Waals surface area contributed by atoms with Crippen molar-refractivity contribution in [3.63, 3.8) is 0 Å². The molecule has 11 rings (SSSR count). The molecule has 0 unspecified atom stereocenters. The molecule has 0 amide bonds. The van der Waals surface area contributed by atoms with Crippen LogP contribution in [0.15, 0.2) is 186 Å². The number of furan rings is 1. The zero-order valence-corrected chi connectivity index (χ0v) is 28.4. The summed E-state index contributed by atoms with van der Waals surface area (Å²) >= 11 is 0. The van der Waals surface area contributed by atoms with Gasteiger partial charge in [-0.25, -0.2) is 4.39 Å². The molecule has 250 valence electrons. The van der Waals surface area contributed by atoms with Crippen LogP contribution in [-0.2, 0) is 0 Å². The first-order chi connectivity index (χ1) is 26.2. The molecule has 0 spiro atoms. The molecule has 0 saturated carbocycles. The standard InChI is InChI=1S/C48H30FN3O/c49-31-19-24-44-40(27-31)41-28-34(21-25-45(41)51(44)32-11-3-1-4-12-32)50(35-22-26-48-42(29-35)39-16-8-10-18-47(39)53-48)36-20-23-38-37-15-7-9-17-43(37)52(46(38)30-36)33-13-5-2-6-14-33/h1-30H. The number of halogens is 1. The first-order valence-electron chi connectivity index (χ1n) is 17.8. The fourth-order valence-corrected chi connectivity index (χ4v) is 8.23. The Morgan fingerprint density at radius 3 is 1.64 bits per heavy atom. The number of nitrogens with zero attached hydrogens (tertiary/aromatic N) is 3. The molecule has 0 N–H and O–H groups in total. The molecule has 8 aromatic carbocycles. The number of para-hydroxylation sites is 4. The van der Waals surface area contributed by atoms with Crippen molar-refractivity contribution in [3.05, 3.63) is 188 Å². The minimum atomic E-state index is -0.261. The molecule has 0 aliphatic heterocycles. The Balaban J connectivity index is 1.20. The summed E-state index contributed by atoms with van der Waals surface area (Å²) in [7, 11) is 0. The minimum absolute atomic E-state index is 0.261. The number of anilines is 3. The van der Waals surface area contributed by atoms with Crippen molar-refractivity contribution in [2.75, 3.05) is 4.90 Å². The summed E-state index contributed by atoms with van der Waals surface area (Å²) in [5, 5.41) is 6.34. The van der Waals surface area contributed by atoms with Crippen molar-refractivity contribution >= 4 is 82.6 Å². The van der Waals surface area contributed by atoms with Crippen molar-refractivity contribution in [3.8, 4) is 11.4 Å². The van der Waals surface area contributed by atoms with Gasteiger partial charge in [0.25, 0.3) is 0 Å². The van der Waals surface area contributed by atoms with Crippen LogP contribution in [0.4, 0.5) is 21.5 Å². The van der Waals surface area contributed by atoms with E-state index in [2.05, 4.69) is 141 Å². The van der Waals surface area contributed by atoms with Gasteiger partial charge in [-0.2, -0.15) is 0 Å². The lowest BCUT2D eigenvalue weighted by molar-refractivity contribution is 0.629. The molecule has 0 aliphatic rings. The van der Waals surface area contributed by atoms with Crippen molar-refractivity contribution < 1.29 is 8.81 Å². The van der Waals surface area contributed by atoms with Gasteiger partial charge in [-0.15, -0.1) is 0 Å². The van der Waals surface area contributed by atoms with Crippen LogP contribution >= 0.6 is 0 Å². The van der Waals surface area contributed by atoms with Crippen molar-refractivity contribution in [2.24, 2.45) is 0 Å². The lowest BCUT2D eigenvalue weighted by Crippen LogP contribution is -2.10. The number of aromatic nitrogens is 2. The van der Waals surface area contributed by atoms with Gasteiger partial charge in [-0.3, -0.25) is 0 Å². The van der Waals surface area contributed by atoms with E-state index in [4.69, 9.17) is 4.42 Å². The molecular weight excluding hydrogens is 654 g/mol. The Morgan fingerprint density at radius 2 is 0.868 bits per heavy atom. The Labute approximate surface area is 303 Å². The molecule has 0 aliphatic carbocycles. The minimum Gasteiger partial charge on any atom is -0.456 e. The summed E-state index contributed by atoms with van der Waals surface area (Å²) < 4.78 is 25.8. The highest BCUT2D eigenvalue weighted by Gasteiger charge is 2.21. The zero-order valence-electron chi connectivity index (χ0n) is 28.4. The van der Waals surface area contributed by atoms with Crippen LogP contribution in [0, 0.1) is 5.82 Å². The summed E-state index contributed by atoms with van der Waals surface area (Å²) in [6, 6.07) is 62.3. The van der Waals surface area contributed by atoms with Crippen LogP contribution in [0.1, 0.15) is 0 Å². The average molecular weight is 684 g/mol. The summed E-state index contributed by atoms with van der Waals surface area (Å²) in [6.45, 7) is 0. The van der Waals surface area contributed by atoms with Crippen LogP contribution in [0.3, 0.4) is 0 Å². The summed E-state index contributed by atoms with van der Waals surface area (Å²) in [5.41, 5.74) is 11.0. The third kappa shape index (κ3) is 4.54. The normalized spacial score (nSPS) is 11.9. The maximum absolute atomic E-state index is 15.0. The van der Waals surface area contributed by atoms with Gasteiger partial charge < -0.3 is 18.5 Å². The Kier molecular flexibility index (Phi) is 6.40. The van der Waals surface area contributed by atoms with Gasteiger partial charge >= 0.3 is 0 Å². The molecule has 53 heavy (non-hydrogen) atoms. The number of hydrogen-bond acceptors (Lipinski definition) is 2. The zero-order chi connectivity index (χ0) is 35.0. The highest BCUT2D eigenvalue weighted by molar-refractivity contribution is 6.13. The number of rotatable bonds is 5. The fourth-order valence-electron chi connectivity index (χ4n) is 8.23. The summed E-state index contributed by atoms with van der Waals surface area (Å²) in [5.74, 6) is -0.261.